The van der Waals surface area contributed by atoms with Crippen LogP contribution in [0.2, 0.25) is 0 Å². The number of hydrogen-bond acceptors (Lipinski definition) is 2. The monoisotopic (exact) mass is 234 g/mol. The molecule has 0 atom stereocenters. The van der Waals surface area contributed by atoms with Gasteiger partial charge in [-0.05, 0) is 43.7 Å². The Kier molecular flexibility index (Phi) is 6.90. The quantitative estimate of drug-likeness (QED) is 0.696. The summed E-state index contributed by atoms with van der Waals surface area (Å²) in [5.41, 5.74) is 2.84. The van der Waals surface area contributed by atoms with Crippen molar-refractivity contribution in [1.29, 1.82) is 0 Å². The normalized spacial score (nSPS) is 11.1. The van der Waals surface area contributed by atoms with Gasteiger partial charge in [-0.1, -0.05) is 45.0 Å². The molecule has 17 heavy (non-hydrogen) atoms. The Morgan fingerprint density at radius 1 is 0.941 bits per heavy atom. The molecule has 0 bridgehead atoms. The van der Waals surface area contributed by atoms with Gasteiger partial charge in [0.1, 0.15) is 0 Å². The van der Waals surface area contributed by atoms with Crippen LogP contribution in [0.3, 0.4) is 0 Å². The van der Waals surface area contributed by atoms with Crippen LogP contribution in [0, 0.1) is 0 Å². The van der Waals surface area contributed by atoms with Crippen molar-refractivity contribution in [2.75, 3.05) is 26.2 Å². The van der Waals surface area contributed by atoms with Crippen molar-refractivity contribution in [2.24, 2.45) is 0 Å². The van der Waals surface area contributed by atoms with Gasteiger partial charge in [-0.25, -0.2) is 0 Å². The number of nitrogens with zero attached hydrogens (tertiary/aromatic N) is 1. The third-order valence-electron chi connectivity index (χ3n) is 3.16. The van der Waals surface area contributed by atoms with E-state index < -0.39 is 0 Å². The average Bonchev–Trinajstić information content (AvgIpc) is 2.38. The lowest BCUT2D eigenvalue weighted by atomic mass is 10.1. The first kappa shape index (κ1) is 14.2. The van der Waals surface area contributed by atoms with Crippen molar-refractivity contribution >= 4 is 0 Å². The maximum atomic E-state index is 3.35. The predicted molar refractivity (Wildman–Crippen MR) is 75.3 cm³/mol. The molecule has 0 aromatic heterocycles. The molecule has 0 aliphatic rings. The topological polar surface area (TPSA) is 15.3 Å². The van der Waals surface area contributed by atoms with Gasteiger partial charge in [0.05, 0.1) is 0 Å². The summed E-state index contributed by atoms with van der Waals surface area (Å²) in [6.45, 7) is 12.0. The van der Waals surface area contributed by atoms with E-state index in [4.69, 9.17) is 0 Å². The van der Waals surface area contributed by atoms with Crippen molar-refractivity contribution < 1.29 is 0 Å². The number of benzene rings is 1. The van der Waals surface area contributed by atoms with Crippen LogP contribution in [-0.2, 0) is 13.0 Å². The van der Waals surface area contributed by atoms with Gasteiger partial charge in [0, 0.05) is 6.54 Å². The lowest BCUT2D eigenvalue weighted by molar-refractivity contribution is 0.296. The molecule has 0 radical (unpaired) electrons. The molecule has 0 saturated carbocycles. The zero-order valence-electron chi connectivity index (χ0n) is 11.5. The van der Waals surface area contributed by atoms with Crippen LogP contribution in [-0.4, -0.2) is 31.1 Å². The van der Waals surface area contributed by atoms with Crippen molar-refractivity contribution in [3.8, 4) is 0 Å². The first-order chi connectivity index (χ1) is 8.30. The summed E-state index contributed by atoms with van der Waals surface area (Å²) in [6, 6.07) is 9.05. The van der Waals surface area contributed by atoms with Gasteiger partial charge in [-0.15, -0.1) is 0 Å². The van der Waals surface area contributed by atoms with Gasteiger partial charge in [0.2, 0.25) is 0 Å². The standard InChI is InChI=1S/C15H26N2/c1-4-16-12-11-14-7-9-15(10-8-14)13-17(5-2)6-3/h7-10,16H,4-6,11-13H2,1-3H3. The number of hydrogen-bond donors (Lipinski definition) is 1. The number of likely N-dealkylation sites (N-methyl/N-ethyl adjacent to an activating group) is 1. The summed E-state index contributed by atoms with van der Waals surface area (Å²) in [7, 11) is 0. The van der Waals surface area contributed by atoms with E-state index in [9.17, 15) is 0 Å². The molecule has 1 rings (SSSR count). The third-order valence-corrected chi connectivity index (χ3v) is 3.16. The van der Waals surface area contributed by atoms with E-state index in [0.717, 1.165) is 39.1 Å². The van der Waals surface area contributed by atoms with E-state index in [-0.39, 0.29) is 0 Å². The van der Waals surface area contributed by atoms with E-state index in [1.807, 2.05) is 0 Å². The van der Waals surface area contributed by atoms with Gasteiger partial charge >= 0.3 is 0 Å². The second-order valence-electron chi connectivity index (χ2n) is 4.38. The van der Waals surface area contributed by atoms with Crippen molar-refractivity contribution in [1.82, 2.24) is 10.2 Å². The molecule has 0 amide bonds. The maximum Gasteiger partial charge on any atom is 0.0233 e. The maximum absolute atomic E-state index is 3.35. The van der Waals surface area contributed by atoms with Gasteiger partial charge < -0.3 is 5.32 Å². The first-order valence-corrected chi connectivity index (χ1v) is 6.81. The summed E-state index contributed by atoms with van der Waals surface area (Å²) >= 11 is 0. The molecule has 0 fully saturated rings. The summed E-state index contributed by atoms with van der Waals surface area (Å²) in [4.78, 5) is 2.44. The highest BCUT2D eigenvalue weighted by atomic mass is 15.1. The SMILES string of the molecule is CCNCCc1ccc(CN(CC)CC)cc1. The van der Waals surface area contributed by atoms with Crippen LogP contribution < -0.4 is 5.32 Å². The summed E-state index contributed by atoms with van der Waals surface area (Å²) < 4.78 is 0. The average molecular weight is 234 g/mol. The zero-order chi connectivity index (χ0) is 12.5. The molecule has 1 N–H and O–H groups in total. The Balaban J connectivity index is 2.44. The van der Waals surface area contributed by atoms with E-state index in [1.165, 1.54) is 11.1 Å². The fourth-order valence-electron chi connectivity index (χ4n) is 1.93. The molecule has 1 aromatic carbocycles. The highest BCUT2D eigenvalue weighted by Gasteiger charge is 2.00. The van der Waals surface area contributed by atoms with Crippen molar-refractivity contribution in [3.05, 3.63) is 35.4 Å². The summed E-state index contributed by atoms with van der Waals surface area (Å²) in [5.74, 6) is 0. The zero-order valence-corrected chi connectivity index (χ0v) is 11.5. The second-order valence-corrected chi connectivity index (χ2v) is 4.38. The molecule has 0 aliphatic carbocycles. The van der Waals surface area contributed by atoms with E-state index in [0.29, 0.717) is 0 Å². The molecule has 0 spiro atoms. The lowest BCUT2D eigenvalue weighted by Gasteiger charge is -2.18. The van der Waals surface area contributed by atoms with Crippen LogP contribution in [0.5, 0.6) is 0 Å². The minimum Gasteiger partial charge on any atom is -0.317 e. The Morgan fingerprint density at radius 2 is 1.53 bits per heavy atom. The largest absolute Gasteiger partial charge is 0.317 e. The van der Waals surface area contributed by atoms with Crippen LogP contribution in [0.15, 0.2) is 24.3 Å². The Labute approximate surface area is 106 Å². The fraction of sp³-hybridized carbons (Fsp3) is 0.600. The molecular formula is C15H26N2. The molecule has 1 aromatic rings. The van der Waals surface area contributed by atoms with Gasteiger partial charge in [-0.2, -0.15) is 0 Å². The molecule has 0 heterocycles. The second kappa shape index (κ2) is 8.26. The minimum absolute atomic E-state index is 1.06. The highest BCUT2D eigenvalue weighted by molar-refractivity contribution is 5.22. The van der Waals surface area contributed by atoms with Crippen molar-refractivity contribution in [2.45, 2.75) is 33.7 Å². The molecule has 2 heteroatoms. The number of rotatable bonds is 8. The molecule has 0 unspecified atom stereocenters. The molecular weight excluding hydrogens is 208 g/mol. The van der Waals surface area contributed by atoms with Crippen LogP contribution in [0.4, 0.5) is 0 Å². The summed E-state index contributed by atoms with van der Waals surface area (Å²) in [6.07, 6.45) is 1.12. The molecule has 2 nitrogen and oxygen atoms in total. The van der Waals surface area contributed by atoms with Gasteiger partial charge in [-0.3, -0.25) is 4.90 Å². The minimum atomic E-state index is 1.06. The Hall–Kier alpha value is -0.860. The van der Waals surface area contributed by atoms with Crippen LogP contribution >= 0.6 is 0 Å². The summed E-state index contributed by atoms with van der Waals surface area (Å²) in [5, 5.41) is 3.35. The van der Waals surface area contributed by atoms with E-state index in [1.54, 1.807) is 0 Å². The smallest absolute Gasteiger partial charge is 0.0233 e. The first-order valence-electron chi connectivity index (χ1n) is 6.81. The van der Waals surface area contributed by atoms with Gasteiger partial charge in [0.15, 0.2) is 0 Å². The Bertz CT molecular complexity index is 288. The third kappa shape index (κ3) is 5.33. The van der Waals surface area contributed by atoms with Crippen LogP contribution in [0.1, 0.15) is 31.9 Å². The molecule has 0 aliphatic heterocycles. The van der Waals surface area contributed by atoms with Crippen molar-refractivity contribution in [3.63, 3.8) is 0 Å². The van der Waals surface area contributed by atoms with E-state index >= 15 is 0 Å². The van der Waals surface area contributed by atoms with Crippen LogP contribution in [0.25, 0.3) is 0 Å². The van der Waals surface area contributed by atoms with Gasteiger partial charge in [0.25, 0.3) is 0 Å². The van der Waals surface area contributed by atoms with E-state index in [2.05, 4.69) is 55.3 Å². The lowest BCUT2D eigenvalue weighted by Crippen LogP contribution is -2.22. The Morgan fingerprint density at radius 3 is 2.06 bits per heavy atom. The molecule has 0 saturated heterocycles. The predicted octanol–water partition coefficient (Wildman–Crippen LogP) is 2.68. The highest BCUT2D eigenvalue weighted by Crippen LogP contribution is 2.07. The molecule has 96 valence electrons. The fourth-order valence-corrected chi connectivity index (χ4v) is 1.93. The number of nitrogens with one attached hydrogen (secondary N) is 1.